The van der Waals surface area contributed by atoms with Gasteiger partial charge >= 0.3 is 12.4 Å². The molecule has 0 aliphatic heterocycles. The molecule has 0 saturated carbocycles. The number of alkyl halides is 3. The maximum atomic E-state index is 12.5. The molecule has 1 aromatic carbocycles. The number of nitrogens with one attached hydrogen (secondary N) is 1. The molecule has 0 aliphatic rings. The number of hydrogen-bond donors (Lipinski definition) is 1. The molecule has 1 heterocycles. The van der Waals surface area contributed by atoms with Crippen LogP contribution in [0.2, 0.25) is 5.15 Å². The van der Waals surface area contributed by atoms with E-state index in [1.54, 1.807) is 6.07 Å². The Balaban J connectivity index is 2.23. The number of rotatable bonds is 3. The van der Waals surface area contributed by atoms with E-state index in [2.05, 4.69) is 15.1 Å². The summed E-state index contributed by atoms with van der Waals surface area (Å²) in [6.07, 6.45) is -3.72. The number of hydroxylamine groups is 1. The second kappa shape index (κ2) is 6.63. The first kappa shape index (κ1) is 16.1. The number of aromatic nitrogens is 1. The van der Waals surface area contributed by atoms with Gasteiger partial charge in [-0.1, -0.05) is 29.8 Å². The predicted molar refractivity (Wildman–Crippen MR) is 74.3 cm³/mol. The van der Waals surface area contributed by atoms with Crippen LogP contribution in [-0.4, -0.2) is 17.4 Å². The third-order valence-electron chi connectivity index (χ3n) is 2.35. The highest BCUT2D eigenvalue weighted by molar-refractivity contribution is 6.29. The summed E-state index contributed by atoms with van der Waals surface area (Å²) in [5.74, 6) is 0. The van der Waals surface area contributed by atoms with Gasteiger partial charge in [-0.05, 0) is 24.3 Å². The average molecular weight is 332 g/mol. The Labute approximate surface area is 128 Å². The van der Waals surface area contributed by atoms with E-state index in [1.165, 1.54) is 42.6 Å². The summed E-state index contributed by atoms with van der Waals surface area (Å²) >= 11 is 5.64. The smallest absolute Gasteiger partial charge is 0.306 e. The number of anilines is 2. The lowest BCUT2D eigenvalue weighted by Crippen LogP contribution is -2.39. The molecule has 0 saturated heterocycles. The third kappa shape index (κ3) is 4.61. The van der Waals surface area contributed by atoms with E-state index in [9.17, 15) is 18.0 Å². The van der Waals surface area contributed by atoms with Crippen molar-refractivity contribution < 1.29 is 22.8 Å². The van der Waals surface area contributed by atoms with Crippen molar-refractivity contribution in [1.29, 1.82) is 0 Å². The molecule has 0 fully saturated rings. The number of nitrogens with zero attached hydrogens (tertiary/aromatic N) is 2. The van der Waals surface area contributed by atoms with Crippen LogP contribution in [0.15, 0.2) is 48.7 Å². The van der Waals surface area contributed by atoms with E-state index in [0.29, 0.717) is 0 Å². The van der Waals surface area contributed by atoms with Crippen LogP contribution in [-0.2, 0) is 4.84 Å². The summed E-state index contributed by atoms with van der Waals surface area (Å²) < 4.78 is 37.4. The molecule has 0 atom stereocenters. The maximum absolute atomic E-state index is 12.5. The van der Waals surface area contributed by atoms with Crippen molar-refractivity contribution in [2.75, 3.05) is 10.4 Å². The minimum atomic E-state index is -5.02. The molecule has 0 aliphatic carbocycles. The minimum absolute atomic E-state index is 0.0841. The van der Waals surface area contributed by atoms with Gasteiger partial charge in [-0.3, -0.25) is 0 Å². The van der Waals surface area contributed by atoms with Crippen molar-refractivity contribution >= 4 is 29.0 Å². The zero-order valence-corrected chi connectivity index (χ0v) is 11.6. The van der Waals surface area contributed by atoms with Gasteiger partial charge in [0.2, 0.25) is 0 Å². The monoisotopic (exact) mass is 331 g/mol. The predicted octanol–water partition coefficient (Wildman–Crippen LogP) is 4.22. The molecule has 2 aromatic rings. The summed E-state index contributed by atoms with van der Waals surface area (Å²) in [5.41, 5.74) is 0.0918. The largest absolute Gasteiger partial charge is 0.544 e. The Bertz CT molecular complexity index is 652. The van der Waals surface area contributed by atoms with Crippen molar-refractivity contribution in [1.82, 2.24) is 4.98 Å². The van der Waals surface area contributed by atoms with Crippen LogP contribution in [0.25, 0.3) is 0 Å². The van der Waals surface area contributed by atoms with Crippen LogP contribution in [0.4, 0.5) is 29.3 Å². The molecule has 0 spiro atoms. The van der Waals surface area contributed by atoms with Gasteiger partial charge < -0.3 is 5.32 Å². The summed E-state index contributed by atoms with van der Waals surface area (Å²) in [6.45, 7) is 0. The standard InChI is InChI=1S/C13H9ClF3N3O2/c14-11-8-9(6-7-18-11)19-12(21)20(22-13(15,16)17)10-4-2-1-3-5-10/h1-8H,(H,18,19,21). The Morgan fingerprint density at radius 2 is 1.91 bits per heavy atom. The van der Waals surface area contributed by atoms with Crippen LogP contribution >= 0.6 is 11.6 Å². The van der Waals surface area contributed by atoms with Crippen LogP contribution in [0.1, 0.15) is 0 Å². The average Bonchev–Trinajstić information content (AvgIpc) is 2.45. The molecule has 0 bridgehead atoms. The first-order chi connectivity index (χ1) is 10.3. The van der Waals surface area contributed by atoms with E-state index in [1.807, 2.05) is 0 Å². The lowest BCUT2D eigenvalue weighted by Gasteiger charge is -2.22. The Hall–Kier alpha value is -2.32. The fraction of sp³-hybridized carbons (Fsp3) is 0.0769. The molecule has 9 heteroatoms. The van der Waals surface area contributed by atoms with Gasteiger partial charge in [0, 0.05) is 11.9 Å². The first-order valence-electron chi connectivity index (χ1n) is 5.89. The molecular formula is C13H9ClF3N3O2. The van der Waals surface area contributed by atoms with Crippen molar-refractivity contribution in [3.05, 3.63) is 53.8 Å². The molecule has 5 nitrogen and oxygen atoms in total. The number of pyridine rings is 1. The highest BCUT2D eigenvalue weighted by Gasteiger charge is 2.36. The topological polar surface area (TPSA) is 54.5 Å². The van der Waals surface area contributed by atoms with Crippen molar-refractivity contribution in [2.45, 2.75) is 6.36 Å². The van der Waals surface area contributed by atoms with E-state index in [-0.39, 0.29) is 21.6 Å². The third-order valence-corrected chi connectivity index (χ3v) is 2.55. The quantitative estimate of drug-likeness (QED) is 0.676. The second-order valence-corrected chi connectivity index (χ2v) is 4.35. The summed E-state index contributed by atoms with van der Waals surface area (Å²) in [5, 5.41) is 2.43. The number of benzene rings is 1. The van der Waals surface area contributed by atoms with Crippen LogP contribution < -0.4 is 10.4 Å². The van der Waals surface area contributed by atoms with Crippen LogP contribution in [0, 0.1) is 0 Å². The van der Waals surface area contributed by atoms with Crippen LogP contribution in [0.3, 0.4) is 0 Å². The molecule has 22 heavy (non-hydrogen) atoms. The Morgan fingerprint density at radius 1 is 1.23 bits per heavy atom. The number of urea groups is 1. The summed E-state index contributed by atoms with van der Waals surface area (Å²) in [4.78, 5) is 19.5. The van der Waals surface area contributed by atoms with Gasteiger partial charge in [-0.2, -0.15) is 9.90 Å². The second-order valence-electron chi connectivity index (χ2n) is 3.96. The minimum Gasteiger partial charge on any atom is -0.306 e. The molecule has 116 valence electrons. The number of halogens is 4. The lowest BCUT2D eigenvalue weighted by atomic mass is 10.3. The summed E-state index contributed by atoms with van der Waals surface area (Å²) in [6, 6.07) is 8.66. The van der Waals surface area contributed by atoms with Gasteiger partial charge in [-0.25, -0.2) is 9.78 Å². The molecular weight excluding hydrogens is 323 g/mol. The van der Waals surface area contributed by atoms with Crippen molar-refractivity contribution in [3.8, 4) is 0 Å². The number of hydrogen-bond acceptors (Lipinski definition) is 3. The van der Waals surface area contributed by atoms with E-state index in [4.69, 9.17) is 11.6 Å². The highest BCUT2D eigenvalue weighted by Crippen LogP contribution is 2.24. The van der Waals surface area contributed by atoms with Gasteiger partial charge in [0.25, 0.3) is 0 Å². The maximum Gasteiger partial charge on any atom is 0.544 e. The van der Waals surface area contributed by atoms with Crippen molar-refractivity contribution in [3.63, 3.8) is 0 Å². The number of para-hydroxylation sites is 1. The molecule has 1 N–H and O–H groups in total. The zero-order valence-electron chi connectivity index (χ0n) is 10.8. The molecule has 0 unspecified atom stereocenters. The fourth-order valence-electron chi connectivity index (χ4n) is 1.53. The first-order valence-corrected chi connectivity index (χ1v) is 6.26. The number of amides is 2. The molecule has 2 rings (SSSR count). The van der Waals surface area contributed by atoms with E-state index >= 15 is 0 Å². The Kier molecular flexibility index (Phi) is 4.84. The SMILES string of the molecule is O=C(Nc1ccnc(Cl)c1)N(OC(F)(F)F)c1ccccc1. The van der Waals surface area contributed by atoms with Crippen LogP contribution in [0.5, 0.6) is 0 Å². The molecule has 1 aromatic heterocycles. The summed E-state index contributed by atoms with van der Waals surface area (Å²) in [7, 11) is 0. The highest BCUT2D eigenvalue weighted by atomic mass is 35.5. The fourth-order valence-corrected chi connectivity index (χ4v) is 1.71. The molecule has 0 radical (unpaired) electrons. The zero-order chi connectivity index (χ0) is 16.2. The van der Waals surface area contributed by atoms with Gasteiger partial charge in [-0.15, -0.1) is 13.2 Å². The van der Waals surface area contributed by atoms with Gasteiger partial charge in [0.1, 0.15) is 5.15 Å². The van der Waals surface area contributed by atoms with E-state index < -0.39 is 12.4 Å². The van der Waals surface area contributed by atoms with Gasteiger partial charge in [0.05, 0.1) is 5.69 Å². The van der Waals surface area contributed by atoms with E-state index in [0.717, 1.165) is 0 Å². The lowest BCUT2D eigenvalue weighted by molar-refractivity contribution is -0.324. The van der Waals surface area contributed by atoms with Crippen molar-refractivity contribution in [2.24, 2.45) is 0 Å². The number of carbonyl (C=O) groups excluding carboxylic acids is 1. The van der Waals surface area contributed by atoms with Gasteiger partial charge in [0.15, 0.2) is 0 Å². The molecule has 2 amide bonds. The normalized spacial score (nSPS) is 11.1. The Morgan fingerprint density at radius 3 is 2.50 bits per heavy atom. The number of carbonyl (C=O) groups is 1.